The molecule has 22 heavy (non-hydrogen) atoms. The average molecular weight is 324 g/mol. The summed E-state index contributed by atoms with van der Waals surface area (Å²) in [5.74, 6) is 1.40. The monoisotopic (exact) mass is 324 g/mol. The number of benzene rings is 1. The molecule has 124 valence electrons. The van der Waals surface area contributed by atoms with Crippen LogP contribution >= 0.6 is 11.8 Å². The largest absolute Gasteiger partial charge is 0.493 e. The highest BCUT2D eigenvalue weighted by molar-refractivity contribution is 8.14. The van der Waals surface area contributed by atoms with Gasteiger partial charge in [-0.2, -0.15) is 0 Å². The summed E-state index contributed by atoms with van der Waals surface area (Å²) in [5, 5.41) is 0.0543. The van der Waals surface area contributed by atoms with Crippen LogP contribution in [-0.2, 0) is 0 Å². The number of anilines is 1. The number of hydrogen-bond donors (Lipinski definition) is 1. The second kappa shape index (κ2) is 10.5. The summed E-state index contributed by atoms with van der Waals surface area (Å²) in [4.78, 5) is 14.7. The van der Waals surface area contributed by atoms with Gasteiger partial charge in [-0.1, -0.05) is 39.0 Å². The van der Waals surface area contributed by atoms with Crippen LogP contribution in [0.25, 0.3) is 0 Å². The van der Waals surface area contributed by atoms with E-state index >= 15 is 0 Å². The van der Waals surface area contributed by atoms with Crippen LogP contribution < -0.4 is 10.5 Å². The number of nitrogens with two attached hydrogens (primary N) is 1. The summed E-state index contributed by atoms with van der Waals surface area (Å²) >= 11 is 1.35. The topological polar surface area (TPSA) is 55.6 Å². The van der Waals surface area contributed by atoms with Gasteiger partial charge in [0, 0.05) is 24.1 Å². The summed E-state index contributed by atoms with van der Waals surface area (Å²) in [6.07, 6.45) is 2.03. The number of ether oxygens (including phenoxy) is 1. The Morgan fingerprint density at radius 3 is 2.64 bits per heavy atom. The Labute approximate surface area is 138 Å². The predicted molar refractivity (Wildman–Crippen MR) is 95.8 cm³/mol. The molecule has 0 fully saturated rings. The fraction of sp³-hybridized carbons (Fsp3) is 0.588. The van der Waals surface area contributed by atoms with E-state index in [-0.39, 0.29) is 5.12 Å². The Morgan fingerprint density at radius 1 is 1.27 bits per heavy atom. The van der Waals surface area contributed by atoms with Crippen LogP contribution in [0.3, 0.4) is 0 Å². The lowest BCUT2D eigenvalue weighted by atomic mass is 10.2. The highest BCUT2D eigenvalue weighted by atomic mass is 32.2. The molecule has 0 aromatic heterocycles. The van der Waals surface area contributed by atoms with E-state index in [4.69, 9.17) is 10.5 Å². The summed E-state index contributed by atoms with van der Waals surface area (Å²) in [6, 6.07) is 5.27. The zero-order valence-electron chi connectivity index (χ0n) is 13.9. The van der Waals surface area contributed by atoms with Crippen LogP contribution in [0.5, 0.6) is 5.75 Å². The number of carbonyl (C=O) groups is 1. The Balaban J connectivity index is 2.63. The van der Waals surface area contributed by atoms with Crippen molar-refractivity contribution in [3.8, 4) is 5.75 Å². The Kier molecular flexibility index (Phi) is 9.01. The van der Waals surface area contributed by atoms with Gasteiger partial charge in [-0.3, -0.25) is 4.79 Å². The van der Waals surface area contributed by atoms with Crippen molar-refractivity contribution in [2.45, 2.75) is 33.6 Å². The van der Waals surface area contributed by atoms with Gasteiger partial charge in [0.15, 0.2) is 0 Å². The molecule has 0 radical (unpaired) electrons. The Bertz CT molecular complexity index is 462. The van der Waals surface area contributed by atoms with Crippen molar-refractivity contribution in [3.05, 3.63) is 23.8 Å². The van der Waals surface area contributed by atoms with Crippen LogP contribution in [0.15, 0.2) is 18.2 Å². The SMILES string of the molecule is CCCCOc1cc(N)ccc1C(=O)SCCN(CC)CC. The molecule has 0 saturated carbocycles. The van der Waals surface area contributed by atoms with Crippen molar-refractivity contribution in [3.63, 3.8) is 0 Å². The number of rotatable bonds is 10. The molecular formula is C17H28N2O2S. The molecule has 0 aliphatic carbocycles. The maximum atomic E-state index is 12.4. The van der Waals surface area contributed by atoms with E-state index in [9.17, 15) is 4.79 Å². The van der Waals surface area contributed by atoms with E-state index in [1.54, 1.807) is 18.2 Å². The van der Waals surface area contributed by atoms with Crippen LogP contribution in [0, 0.1) is 0 Å². The molecule has 1 aromatic carbocycles. The number of thioether (sulfide) groups is 1. The molecule has 4 nitrogen and oxygen atoms in total. The van der Waals surface area contributed by atoms with Crippen LogP contribution in [0.4, 0.5) is 5.69 Å². The van der Waals surface area contributed by atoms with Gasteiger partial charge in [0.1, 0.15) is 5.75 Å². The molecule has 0 amide bonds. The van der Waals surface area contributed by atoms with Gasteiger partial charge >= 0.3 is 0 Å². The molecular weight excluding hydrogens is 296 g/mol. The Morgan fingerprint density at radius 2 is 2.00 bits per heavy atom. The van der Waals surface area contributed by atoms with Gasteiger partial charge in [0.25, 0.3) is 0 Å². The highest BCUT2D eigenvalue weighted by Gasteiger charge is 2.14. The number of nitrogens with zero attached hydrogens (tertiary/aromatic N) is 1. The van der Waals surface area contributed by atoms with Crippen LogP contribution in [-0.4, -0.2) is 42.0 Å². The average Bonchev–Trinajstić information content (AvgIpc) is 2.52. The third-order valence-corrected chi connectivity index (χ3v) is 4.38. The van der Waals surface area contributed by atoms with Gasteiger partial charge < -0.3 is 15.4 Å². The molecule has 0 bridgehead atoms. The predicted octanol–water partition coefficient (Wildman–Crippen LogP) is 3.66. The minimum Gasteiger partial charge on any atom is -0.493 e. The van der Waals surface area contributed by atoms with Gasteiger partial charge in [-0.25, -0.2) is 0 Å². The lowest BCUT2D eigenvalue weighted by molar-refractivity contribution is 0.108. The first kappa shape index (κ1) is 18.8. The summed E-state index contributed by atoms with van der Waals surface area (Å²) in [7, 11) is 0. The molecule has 0 unspecified atom stereocenters. The standard InChI is InChI=1S/C17H28N2O2S/c1-4-7-11-21-16-13-14(18)8-9-15(16)17(20)22-12-10-19(5-2)6-3/h8-9,13H,4-7,10-12,18H2,1-3H3. The van der Waals surface area contributed by atoms with Gasteiger partial charge in [0.2, 0.25) is 5.12 Å². The van der Waals surface area contributed by atoms with E-state index in [2.05, 4.69) is 25.7 Å². The molecule has 5 heteroatoms. The summed E-state index contributed by atoms with van der Waals surface area (Å²) < 4.78 is 5.72. The molecule has 2 N–H and O–H groups in total. The fourth-order valence-corrected chi connectivity index (χ4v) is 2.90. The van der Waals surface area contributed by atoms with Crippen molar-refractivity contribution >= 4 is 22.6 Å². The third kappa shape index (κ3) is 6.28. The molecule has 1 rings (SSSR count). The molecule has 0 atom stereocenters. The second-order valence-electron chi connectivity index (χ2n) is 5.12. The summed E-state index contributed by atoms with van der Waals surface area (Å²) in [5.41, 5.74) is 7.04. The number of carbonyl (C=O) groups excluding carboxylic acids is 1. The second-order valence-corrected chi connectivity index (χ2v) is 6.19. The molecule has 0 aliphatic heterocycles. The van der Waals surface area contributed by atoms with Crippen molar-refractivity contribution in [2.75, 3.05) is 37.7 Å². The van der Waals surface area contributed by atoms with Gasteiger partial charge in [-0.05, 0) is 31.6 Å². The number of hydrogen-bond acceptors (Lipinski definition) is 5. The van der Waals surface area contributed by atoms with Gasteiger partial charge in [-0.15, -0.1) is 0 Å². The Hall–Kier alpha value is -1.20. The van der Waals surface area contributed by atoms with Crippen molar-refractivity contribution in [2.24, 2.45) is 0 Å². The zero-order valence-corrected chi connectivity index (χ0v) is 14.7. The molecule has 0 spiro atoms. The molecule has 0 aliphatic rings. The minimum absolute atomic E-state index is 0.0543. The van der Waals surface area contributed by atoms with Crippen LogP contribution in [0.2, 0.25) is 0 Å². The maximum Gasteiger partial charge on any atom is 0.223 e. The normalized spacial score (nSPS) is 10.9. The quantitative estimate of drug-likeness (QED) is 0.526. The maximum absolute atomic E-state index is 12.4. The first-order valence-electron chi connectivity index (χ1n) is 8.04. The van der Waals surface area contributed by atoms with Crippen molar-refractivity contribution in [1.82, 2.24) is 4.90 Å². The molecule has 1 aromatic rings. The van der Waals surface area contributed by atoms with Crippen molar-refractivity contribution in [1.29, 1.82) is 0 Å². The molecule has 0 heterocycles. The minimum atomic E-state index is 0.0543. The smallest absolute Gasteiger partial charge is 0.223 e. The number of nitrogen functional groups attached to an aromatic ring is 1. The first-order chi connectivity index (χ1) is 10.6. The molecule has 0 saturated heterocycles. The van der Waals surface area contributed by atoms with Crippen molar-refractivity contribution < 1.29 is 9.53 Å². The van der Waals surface area contributed by atoms with E-state index in [0.29, 0.717) is 23.6 Å². The third-order valence-electron chi connectivity index (χ3n) is 3.52. The fourth-order valence-electron chi connectivity index (χ4n) is 2.04. The van der Waals surface area contributed by atoms with E-state index in [1.807, 2.05) is 0 Å². The zero-order chi connectivity index (χ0) is 16.4. The summed E-state index contributed by atoms with van der Waals surface area (Å²) in [6.45, 7) is 9.94. The lowest BCUT2D eigenvalue weighted by Gasteiger charge is -2.17. The van der Waals surface area contributed by atoms with Gasteiger partial charge in [0.05, 0.1) is 12.2 Å². The van der Waals surface area contributed by atoms with E-state index in [0.717, 1.165) is 38.2 Å². The number of unbranched alkanes of at least 4 members (excludes halogenated alkanes) is 1. The highest BCUT2D eigenvalue weighted by Crippen LogP contribution is 2.26. The van der Waals surface area contributed by atoms with E-state index < -0.39 is 0 Å². The lowest BCUT2D eigenvalue weighted by Crippen LogP contribution is -2.25. The van der Waals surface area contributed by atoms with E-state index in [1.165, 1.54) is 11.8 Å². The first-order valence-corrected chi connectivity index (χ1v) is 9.02. The van der Waals surface area contributed by atoms with Crippen LogP contribution in [0.1, 0.15) is 44.0 Å².